The van der Waals surface area contributed by atoms with Crippen LogP contribution in [-0.2, 0) is 0 Å². The van der Waals surface area contributed by atoms with Crippen molar-refractivity contribution in [2.24, 2.45) is 4.99 Å². The van der Waals surface area contributed by atoms with Crippen LogP contribution in [0.5, 0.6) is 0 Å². The number of rotatable bonds is 1. The Hall–Kier alpha value is 0.220. The third-order valence-electron chi connectivity index (χ3n) is 0.622. The van der Waals surface area contributed by atoms with Crippen LogP contribution in [0.3, 0.4) is 0 Å². The lowest BCUT2D eigenvalue weighted by molar-refractivity contribution is 0.898. The Labute approximate surface area is 80.2 Å². The fraction of sp³-hybridized carbons (Fsp3) is 0.600. The lowest BCUT2D eigenvalue weighted by atomic mass is 11.0. The van der Waals surface area contributed by atoms with Crippen molar-refractivity contribution in [2.75, 3.05) is 14.1 Å². The maximum absolute atomic E-state index is 4.81. The SMILES string of the molecule is C=NC1NC(=S)SS1.CNC. The van der Waals surface area contributed by atoms with E-state index in [1.807, 2.05) is 14.1 Å². The van der Waals surface area contributed by atoms with Crippen LogP contribution in [0.4, 0.5) is 0 Å². The molecule has 1 fully saturated rings. The highest BCUT2D eigenvalue weighted by molar-refractivity contribution is 8.84. The van der Waals surface area contributed by atoms with Gasteiger partial charge < -0.3 is 10.6 Å². The molecular formula is C5H11N3S3. The quantitative estimate of drug-likeness (QED) is 0.384. The molecule has 0 bridgehead atoms. The number of hydrogen-bond acceptors (Lipinski definition) is 5. The van der Waals surface area contributed by atoms with E-state index < -0.39 is 0 Å². The second-order valence-electron chi connectivity index (χ2n) is 1.65. The van der Waals surface area contributed by atoms with Gasteiger partial charge in [-0.2, -0.15) is 0 Å². The minimum Gasteiger partial charge on any atom is -0.340 e. The molecule has 1 saturated heterocycles. The molecule has 0 aromatic carbocycles. The minimum atomic E-state index is 0.0764. The average molecular weight is 209 g/mol. The molecule has 1 rings (SSSR count). The second kappa shape index (κ2) is 6.90. The van der Waals surface area contributed by atoms with E-state index in [0.29, 0.717) is 0 Å². The highest BCUT2D eigenvalue weighted by Crippen LogP contribution is 2.32. The average Bonchev–Trinajstić information content (AvgIpc) is 2.37. The molecular weight excluding hydrogens is 198 g/mol. The van der Waals surface area contributed by atoms with E-state index in [0.717, 1.165) is 4.32 Å². The lowest BCUT2D eigenvalue weighted by Gasteiger charge is -1.96. The Balaban J connectivity index is 0.000000292. The highest BCUT2D eigenvalue weighted by Gasteiger charge is 2.16. The van der Waals surface area contributed by atoms with Gasteiger partial charge in [-0.3, -0.25) is 4.99 Å². The molecule has 1 aliphatic rings. The van der Waals surface area contributed by atoms with Gasteiger partial charge in [-0.15, -0.1) is 0 Å². The van der Waals surface area contributed by atoms with Crippen LogP contribution in [-0.4, -0.2) is 30.6 Å². The van der Waals surface area contributed by atoms with E-state index in [2.05, 4.69) is 22.3 Å². The Kier molecular flexibility index (Phi) is 7.04. The summed E-state index contributed by atoms with van der Waals surface area (Å²) in [6, 6.07) is 0. The number of nitrogens with one attached hydrogen (secondary N) is 2. The molecule has 3 nitrogen and oxygen atoms in total. The first kappa shape index (κ1) is 11.2. The van der Waals surface area contributed by atoms with E-state index in [9.17, 15) is 0 Å². The summed E-state index contributed by atoms with van der Waals surface area (Å²) in [4.78, 5) is 3.73. The molecule has 11 heavy (non-hydrogen) atoms. The van der Waals surface area contributed by atoms with Gasteiger partial charge in [0.25, 0.3) is 0 Å². The number of hydrogen-bond donors (Lipinski definition) is 2. The molecule has 0 aliphatic carbocycles. The first-order chi connectivity index (χ1) is 5.24. The maximum Gasteiger partial charge on any atom is 0.177 e. The molecule has 1 heterocycles. The van der Waals surface area contributed by atoms with Gasteiger partial charge in [0.1, 0.15) is 4.32 Å². The molecule has 0 aromatic rings. The van der Waals surface area contributed by atoms with Crippen LogP contribution in [0, 0.1) is 0 Å². The van der Waals surface area contributed by atoms with E-state index in [4.69, 9.17) is 12.2 Å². The molecule has 64 valence electrons. The zero-order chi connectivity index (χ0) is 8.69. The topological polar surface area (TPSA) is 36.4 Å². The van der Waals surface area contributed by atoms with Crippen LogP contribution in [0.1, 0.15) is 0 Å². The lowest BCUT2D eigenvalue weighted by Crippen LogP contribution is -2.19. The predicted octanol–water partition coefficient (Wildman–Crippen LogP) is 1.08. The summed E-state index contributed by atoms with van der Waals surface area (Å²) in [6.07, 6.45) is 0. The molecule has 0 spiro atoms. The number of thiocarbonyl (C=S) groups is 1. The summed E-state index contributed by atoms with van der Waals surface area (Å²) in [5.41, 5.74) is 0.0764. The fourth-order valence-corrected chi connectivity index (χ4v) is 2.50. The summed E-state index contributed by atoms with van der Waals surface area (Å²) in [7, 11) is 6.87. The Bertz CT molecular complexity index is 139. The summed E-state index contributed by atoms with van der Waals surface area (Å²) >= 11 is 4.81. The molecule has 0 saturated carbocycles. The van der Waals surface area contributed by atoms with Crippen LogP contribution >= 0.6 is 33.8 Å². The first-order valence-corrected chi connectivity index (χ1v) is 5.54. The molecule has 0 radical (unpaired) electrons. The van der Waals surface area contributed by atoms with Crippen molar-refractivity contribution in [1.29, 1.82) is 0 Å². The Morgan fingerprint density at radius 3 is 2.45 bits per heavy atom. The maximum atomic E-state index is 4.81. The van der Waals surface area contributed by atoms with Gasteiger partial charge in [0.2, 0.25) is 0 Å². The monoisotopic (exact) mass is 209 g/mol. The number of aliphatic imine (C=N–C) groups is 1. The fourth-order valence-electron chi connectivity index (χ4n) is 0.314. The van der Waals surface area contributed by atoms with Crippen molar-refractivity contribution >= 4 is 44.8 Å². The summed E-state index contributed by atoms with van der Waals surface area (Å²) in [5, 5.41) is 5.68. The molecule has 1 aliphatic heterocycles. The van der Waals surface area contributed by atoms with Crippen molar-refractivity contribution in [3.63, 3.8) is 0 Å². The van der Waals surface area contributed by atoms with Crippen molar-refractivity contribution in [1.82, 2.24) is 10.6 Å². The molecule has 2 N–H and O–H groups in total. The Morgan fingerprint density at radius 2 is 2.27 bits per heavy atom. The minimum absolute atomic E-state index is 0.0764. The van der Waals surface area contributed by atoms with Gasteiger partial charge in [-0.1, -0.05) is 12.2 Å². The van der Waals surface area contributed by atoms with Gasteiger partial charge >= 0.3 is 0 Å². The summed E-state index contributed by atoms with van der Waals surface area (Å²) in [5.74, 6) is 0. The van der Waals surface area contributed by atoms with Crippen LogP contribution in [0.25, 0.3) is 0 Å². The normalized spacial score (nSPS) is 21.6. The van der Waals surface area contributed by atoms with E-state index in [-0.39, 0.29) is 5.50 Å². The standard InChI is InChI=1S/C3H4N2S3.C2H7N/c1-4-2-5-3(6)8-7-2;1-3-2/h2H,1H2,(H,5,6);3H,1-2H3. The van der Waals surface area contributed by atoms with Gasteiger partial charge in [-0.25, -0.2) is 0 Å². The molecule has 0 aromatic heterocycles. The van der Waals surface area contributed by atoms with Crippen LogP contribution in [0.2, 0.25) is 0 Å². The summed E-state index contributed by atoms with van der Waals surface area (Å²) in [6.45, 7) is 3.37. The van der Waals surface area contributed by atoms with Crippen LogP contribution < -0.4 is 10.6 Å². The smallest absolute Gasteiger partial charge is 0.177 e. The molecule has 0 amide bonds. The van der Waals surface area contributed by atoms with Crippen molar-refractivity contribution in [3.05, 3.63) is 0 Å². The molecule has 6 heteroatoms. The zero-order valence-electron chi connectivity index (χ0n) is 6.46. The van der Waals surface area contributed by atoms with Crippen molar-refractivity contribution in [2.45, 2.75) is 5.50 Å². The molecule has 1 atom stereocenters. The van der Waals surface area contributed by atoms with Gasteiger partial charge in [0.15, 0.2) is 5.50 Å². The molecule has 1 unspecified atom stereocenters. The first-order valence-electron chi connectivity index (χ1n) is 2.92. The third kappa shape index (κ3) is 5.49. The van der Waals surface area contributed by atoms with E-state index in [1.165, 1.54) is 10.8 Å². The van der Waals surface area contributed by atoms with Gasteiger partial charge in [-0.05, 0) is 42.4 Å². The number of nitrogens with zero attached hydrogens (tertiary/aromatic N) is 1. The van der Waals surface area contributed by atoms with Gasteiger partial charge in [0, 0.05) is 0 Å². The zero-order valence-corrected chi connectivity index (χ0v) is 8.91. The largest absolute Gasteiger partial charge is 0.340 e. The van der Waals surface area contributed by atoms with Gasteiger partial charge in [0.05, 0.1) is 0 Å². The highest BCUT2D eigenvalue weighted by atomic mass is 33.1. The van der Waals surface area contributed by atoms with Crippen molar-refractivity contribution in [3.8, 4) is 0 Å². The Morgan fingerprint density at radius 1 is 1.73 bits per heavy atom. The summed E-state index contributed by atoms with van der Waals surface area (Å²) < 4.78 is 0.799. The predicted molar refractivity (Wildman–Crippen MR) is 59.2 cm³/mol. The second-order valence-corrected chi connectivity index (χ2v) is 4.60. The van der Waals surface area contributed by atoms with Crippen molar-refractivity contribution < 1.29 is 0 Å². The van der Waals surface area contributed by atoms with Crippen LogP contribution in [0.15, 0.2) is 4.99 Å². The van der Waals surface area contributed by atoms with E-state index >= 15 is 0 Å². The third-order valence-corrected chi connectivity index (χ3v) is 3.46. The van der Waals surface area contributed by atoms with E-state index in [1.54, 1.807) is 10.8 Å².